The maximum Gasteiger partial charge on any atom is 0.322 e. The van der Waals surface area contributed by atoms with Gasteiger partial charge >= 0.3 is 6.03 Å². The van der Waals surface area contributed by atoms with Gasteiger partial charge < -0.3 is 19.5 Å². The molecule has 1 atom stereocenters. The Morgan fingerprint density at radius 3 is 2.55 bits per heavy atom. The van der Waals surface area contributed by atoms with E-state index in [2.05, 4.69) is 61.1 Å². The molecule has 202 valence electrons. The van der Waals surface area contributed by atoms with Crippen LogP contribution >= 0.6 is 0 Å². The third-order valence-electron chi connectivity index (χ3n) is 7.73. The largest absolute Gasteiger partial charge is 0.497 e. The summed E-state index contributed by atoms with van der Waals surface area (Å²) < 4.78 is 9.77. The molecule has 6 rings (SSSR count). The SMILES string of the molecule is CCc1nn(-c2ccccc2)c2c1CN(C(=O)Nc1ccc(C)c(C)c1)[C@H](c1cccc(OC)c1)c1cccn1-2. The summed E-state index contributed by atoms with van der Waals surface area (Å²) in [5.74, 6) is 1.70. The molecular weight excluding hydrogens is 498 g/mol. The predicted octanol–water partition coefficient (Wildman–Crippen LogP) is 6.99. The fraction of sp³-hybridized carbons (Fsp3) is 0.212. The highest BCUT2D eigenvalue weighted by Gasteiger charge is 2.36. The van der Waals surface area contributed by atoms with E-state index in [1.54, 1.807) is 7.11 Å². The van der Waals surface area contributed by atoms with E-state index in [4.69, 9.17) is 9.84 Å². The normalized spacial score (nSPS) is 14.3. The van der Waals surface area contributed by atoms with Crippen molar-refractivity contribution in [2.24, 2.45) is 0 Å². The molecule has 0 bridgehead atoms. The van der Waals surface area contributed by atoms with Gasteiger partial charge in [0.1, 0.15) is 11.6 Å². The molecule has 3 heterocycles. The summed E-state index contributed by atoms with van der Waals surface area (Å²) in [5, 5.41) is 8.23. The van der Waals surface area contributed by atoms with Crippen LogP contribution in [0.4, 0.5) is 10.5 Å². The zero-order chi connectivity index (χ0) is 27.8. The zero-order valence-electron chi connectivity index (χ0n) is 23.3. The van der Waals surface area contributed by atoms with Crippen molar-refractivity contribution in [1.29, 1.82) is 0 Å². The first kappa shape index (κ1) is 25.5. The van der Waals surface area contributed by atoms with Crippen molar-refractivity contribution in [2.45, 2.75) is 39.8 Å². The number of nitrogens with zero attached hydrogens (tertiary/aromatic N) is 4. The van der Waals surface area contributed by atoms with Crippen LogP contribution < -0.4 is 10.1 Å². The Bertz CT molecular complexity index is 1680. The molecule has 40 heavy (non-hydrogen) atoms. The van der Waals surface area contributed by atoms with Crippen LogP contribution in [0.1, 0.15) is 46.6 Å². The Morgan fingerprint density at radius 1 is 0.975 bits per heavy atom. The Morgan fingerprint density at radius 2 is 1.80 bits per heavy atom. The minimum Gasteiger partial charge on any atom is -0.497 e. The standard InChI is InChI=1S/C33H33N5O2/c1-5-29-28-21-37(33(39)34-25-17-16-22(2)23(3)19-25)31(24-11-9-14-27(20-24)40-4)30-15-10-18-36(30)32(28)38(35-29)26-12-7-6-8-13-26/h6-20,31H,5,21H2,1-4H3,(H,34,39)/t31-/m1/s1. The van der Waals surface area contributed by atoms with Gasteiger partial charge in [-0.2, -0.15) is 5.10 Å². The van der Waals surface area contributed by atoms with Gasteiger partial charge in [0, 0.05) is 17.4 Å². The van der Waals surface area contributed by atoms with Gasteiger partial charge in [0.15, 0.2) is 0 Å². The van der Waals surface area contributed by atoms with E-state index in [0.717, 1.165) is 57.4 Å². The molecule has 2 amide bonds. The molecule has 0 radical (unpaired) electrons. The lowest BCUT2D eigenvalue weighted by Gasteiger charge is -2.31. The van der Waals surface area contributed by atoms with Crippen LogP contribution in [0.3, 0.4) is 0 Å². The number of carbonyl (C=O) groups excluding carboxylic acids is 1. The van der Waals surface area contributed by atoms with Crippen molar-refractivity contribution in [2.75, 3.05) is 12.4 Å². The molecule has 3 aromatic carbocycles. The molecule has 1 aliphatic heterocycles. The molecule has 0 spiro atoms. The molecule has 0 saturated carbocycles. The Balaban J connectivity index is 1.55. The van der Waals surface area contributed by atoms with E-state index >= 15 is 0 Å². The topological polar surface area (TPSA) is 64.3 Å². The first-order valence-electron chi connectivity index (χ1n) is 13.6. The summed E-state index contributed by atoms with van der Waals surface area (Å²) in [7, 11) is 1.66. The Labute approximate surface area is 234 Å². The smallest absolute Gasteiger partial charge is 0.322 e. The lowest BCUT2D eigenvalue weighted by atomic mass is 10.0. The summed E-state index contributed by atoms with van der Waals surface area (Å²) in [6, 6.07) is 27.7. The Hall–Kier alpha value is -4.78. The molecule has 1 N–H and O–H groups in total. The number of para-hydroxylation sites is 1. The number of anilines is 1. The van der Waals surface area contributed by atoms with E-state index in [9.17, 15) is 4.79 Å². The first-order chi connectivity index (χ1) is 19.5. The van der Waals surface area contributed by atoms with Crippen LogP contribution in [-0.2, 0) is 13.0 Å². The maximum atomic E-state index is 14.2. The summed E-state index contributed by atoms with van der Waals surface area (Å²) in [4.78, 5) is 16.1. The van der Waals surface area contributed by atoms with E-state index in [1.807, 2.05) is 70.2 Å². The van der Waals surface area contributed by atoms with Gasteiger partial charge in [-0.15, -0.1) is 0 Å². The number of carbonyl (C=O) groups is 1. The minimum atomic E-state index is -0.363. The second-order valence-electron chi connectivity index (χ2n) is 10.2. The van der Waals surface area contributed by atoms with Crippen LogP contribution in [0, 0.1) is 13.8 Å². The van der Waals surface area contributed by atoms with Crippen LogP contribution in [0.5, 0.6) is 5.75 Å². The second kappa shape index (κ2) is 10.4. The molecule has 0 fully saturated rings. The number of hydrogen-bond donors (Lipinski definition) is 1. The van der Waals surface area contributed by atoms with Crippen molar-refractivity contribution in [1.82, 2.24) is 19.2 Å². The number of nitrogens with one attached hydrogen (secondary N) is 1. The minimum absolute atomic E-state index is 0.175. The fourth-order valence-electron chi connectivity index (χ4n) is 5.52. The summed E-state index contributed by atoms with van der Waals surface area (Å²) in [6.45, 7) is 6.63. The quantitative estimate of drug-likeness (QED) is 0.266. The average molecular weight is 532 g/mol. The highest BCUT2D eigenvalue weighted by molar-refractivity contribution is 5.90. The summed E-state index contributed by atoms with van der Waals surface area (Å²) in [6.07, 6.45) is 2.81. The first-order valence-corrected chi connectivity index (χ1v) is 13.6. The van der Waals surface area contributed by atoms with Crippen LogP contribution in [0.15, 0.2) is 91.1 Å². The third kappa shape index (κ3) is 4.43. The van der Waals surface area contributed by atoms with Gasteiger partial charge in [-0.3, -0.25) is 0 Å². The fourth-order valence-corrected chi connectivity index (χ4v) is 5.52. The van der Waals surface area contributed by atoms with Crippen LogP contribution in [0.2, 0.25) is 0 Å². The molecule has 2 aromatic heterocycles. The number of aryl methyl sites for hydroxylation is 3. The summed E-state index contributed by atoms with van der Waals surface area (Å²) in [5.41, 5.74) is 8.01. The van der Waals surface area contributed by atoms with Crippen LogP contribution in [0.25, 0.3) is 11.5 Å². The summed E-state index contributed by atoms with van der Waals surface area (Å²) >= 11 is 0. The molecule has 7 nitrogen and oxygen atoms in total. The number of amides is 2. The highest BCUT2D eigenvalue weighted by Crippen LogP contribution is 2.39. The van der Waals surface area contributed by atoms with Crippen LogP contribution in [-0.4, -0.2) is 32.4 Å². The number of urea groups is 1. The van der Waals surface area contributed by atoms with Gasteiger partial charge in [0.2, 0.25) is 0 Å². The van der Waals surface area contributed by atoms with Gasteiger partial charge in [-0.1, -0.05) is 43.3 Å². The number of aromatic nitrogens is 3. The molecular formula is C33H33N5O2. The average Bonchev–Trinajstić information content (AvgIpc) is 3.56. The number of ether oxygens (including phenoxy) is 1. The highest BCUT2D eigenvalue weighted by atomic mass is 16.5. The van der Waals surface area contributed by atoms with Crippen molar-refractivity contribution in [3.05, 3.63) is 125 Å². The molecule has 0 unspecified atom stereocenters. The van der Waals surface area contributed by atoms with E-state index < -0.39 is 0 Å². The van der Waals surface area contributed by atoms with Gasteiger partial charge in [0.25, 0.3) is 0 Å². The number of methoxy groups -OCH3 is 1. The van der Waals surface area contributed by atoms with Gasteiger partial charge in [0.05, 0.1) is 36.8 Å². The number of fused-ring (bicyclic) bond motifs is 3. The monoisotopic (exact) mass is 531 g/mol. The lowest BCUT2D eigenvalue weighted by Crippen LogP contribution is -2.38. The number of benzene rings is 3. The second-order valence-corrected chi connectivity index (χ2v) is 10.2. The maximum absolute atomic E-state index is 14.2. The van der Waals surface area contributed by atoms with Gasteiger partial charge in [-0.25, -0.2) is 9.48 Å². The lowest BCUT2D eigenvalue weighted by molar-refractivity contribution is 0.194. The van der Waals surface area contributed by atoms with Crippen molar-refractivity contribution in [3.8, 4) is 17.3 Å². The molecule has 1 aliphatic rings. The van der Waals surface area contributed by atoms with E-state index in [0.29, 0.717) is 6.54 Å². The molecule has 0 aliphatic carbocycles. The number of hydrogen-bond acceptors (Lipinski definition) is 3. The van der Waals surface area contributed by atoms with Gasteiger partial charge in [-0.05, 0) is 85.5 Å². The van der Waals surface area contributed by atoms with Crippen molar-refractivity contribution in [3.63, 3.8) is 0 Å². The van der Waals surface area contributed by atoms with Crippen molar-refractivity contribution >= 4 is 11.7 Å². The molecule has 0 saturated heterocycles. The van der Waals surface area contributed by atoms with Crippen molar-refractivity contribution < 1.29 is 9.53 Å². The third-order valence-corrected chi connectivity index (χ3v) is 7.73. The predicted molar refractivity (Wildman–Crippen MR) is 158 cm³/mol. The number of rotatable bonds is 5. The molecule has 5 aromatic rings. The van der Waals surface area contributed by atoms with E-state index in [1.165, 1.54) is 5.56 Å². The molecule has 7 heteroatoms. The Kier molecular flexibility index (Phi) is 6.64. The van der Waals surface area contributed by atoms with E-state index in [-0.39, 0.29) is 12.1 Å². The zero-order valence-corrected chi connectivity index (χ0v) is 23.3.